The molecule has 0 spiro atoms. The zero-order valence-corrected chi connectivity index (χ0v) is 18.6. The van der Waals surface area contributed by atoms with Gasteiger partial charge in [-0.25, -0.2) is 9.82 Å². The topological polar surface area (TPSA) is 109 Å². The van der Waals surface area contributed by atoms with E-state index in [9.17, 15) is 18.8 Å². The van der Waals surface area contributed by atoms with Gasteiger partial charge in [0, 0.05) is 11.4 Å². The molecular weight excluding hydrogens is 439 g/mol. The summed E-state index contributed by atoms with van der Waals surface area (Å²) in [5.41, 5.74) is 5.95. The van der Waals surface area contributed by atoms with E-state index in [4.69, 9.17) is 4.74 Å². The quantitative estimate of drug-likeness (QED) is 0.283. The van der Waals surface area contributed by atoms with Gasteiger partial charge in [-0.3, -0.25) is 14.4 Å². The molecule has 8 nitrogen and oxygen atoms in total. The Morgan fingerprint density at radius 2 is 1.53 bits per heavy atom. The summed E-state index contributed by atoms with van der Waals surface area (Å²) in [5.74, 6) is -2.17. The Hall–Kier alpha value is -4.53. The van der Waals surface area contributed by atoms with Crippen LogP contribution >= 0.6 is 0 Å². The van der Waals surface area contributed by atoms with E-state index in [2.05, 4.69) is 21.2 Å². The molecule has 0 aliphatic carbocycles. The molecule has 0 fully saturated rings. The molecule has 0 aliphatic heterocycles. The Morgan fingerprint density at radius 3 is 2.21 bits per heavy atom. The third kappa shape index (κ3) is 7.27. The maximum Gasteiger partial charge on any atom is 0.329 e. The molecule has 0 heterocycles. The van der Waals surface area contributed by atoms with Crippen LogP contribution in [0.25, 0.3) is 0 Å². The van der Waals surface area contributed by atoms with Crippen LogP contribution in [0.15, 0.2) is 71.8 Å². The molecule has 9 heteroatoms. The number of halogens is 1. The highest BCUT2D eigenvalue weighted by Crippen LogP contribution is 2.15. The van der Waals surface area contributed by atoms with E-state index in [0.717, 1.165) is 23.3 Å². The van der Waals surface area contributed by atoms with Crippen molar-refractivity contribution in [3.8, 4) is 5.75 Å². The second-order valence-electron chi connectivity index (χ2n) is 7.37. The van der Waals surface area contributed by atoms with Crippen molar-refractivity contribution in [2.75, 3.05) is 17.2 Å². The Labute approximate surface area is 195 Å². The molecule has 3 amide bonds. The van der Waals surface area contributed by atoms with Crippen LogP contribution in [0, 0.1) is 19.7 Å². The van der Waals surface area contributed by atoms with Crippen LogP contribution in [0.1, 0.15) is 16.7 Å². The number of nitrogens with one attached hydrogen (secondary N) is 3. The van der Waals surface area contributed by atoms with E-state index < -0.39 is 17.6 Å². The fraction of sp³-hybridized carbons (Fsp3) is 0.120. The van der Waals surface area contributed by atoms with Gasteiger partial charge in [0.1, 0.15) is 11.6 Å². The van der Waals surface area contributed by atoms with Gasteiger partial charge >= 0.3 is 11.8 Å². The summed E-state index contributed by atoms with van der Waals surface area (Å²) in [4.78, 5) is 35.7. The van der Waals surface area contributed by atoms with Gasteiger partial charge in [0.25, 0.3) is 5.91 Å². The molecule has 34 heavy (non-hydrogen) atoms. The number of nitrogens with zero attached hydrogens (tertiary/aromatic N) is 1. The van der Waals surface area contributed by atoms with Gasteiger partial charge in [-0.2, -0.15) is 5.10 Å². The number of aryl methyl sites for hydroxylation is 2. The number of hydrogen-bond donors (Lipinski definition) is 3. The number of amides is 3. The van der Waals surface area contributed by atoms with Crippen LogP contribution in [-0.4, -0.2) is 30.5 Å². The predicted octanol–water partition coefficient (Wildman–Crippen LogP) is 3.55. The molecule has 0 saturated carbocycles. The first-order valence-corrected chi connectivity index (χ1v) is 10.3. The number of hydrogen-bond acceptors (Lipinski definition) is 5. The molecule has 3 aromatic rings. The molecule has 0 saturated heterocycles. The van der Waals surface area contributed by atoms with Crippen LogP contribution < -0.4 is 20.8 Å². The van der Waals surface area contributed by atoms with Crippen LogP contribution in [0.2, 0.25) is 0 Å². The largest absolute Gasteiger partial charge is 0.484 e. The lowest BCUT2D eigenvalue weighted by molar-refractivity contribution is -0.136. The summed E-state index contributed by atoms with van der Waals surface area (Å²) in [6.07, 6.45) is 1.35. The van der Waals surface area contributed by atoms with Gasteiger partial charge in [0.2, 0.25) is 0 Å². The molecule has 3 rings (SSSR count). The molecule has 0 aromatic heterocycles. The SMILES string of the molecule is Cc1ccc(NC(=O)COc2ccc(/C=N\NC(=O)C(=O)Nc3ccc(F)cc3)cc2)cc1C. The van der Waals surface area contributed by atoms with Gasteiger partial charge in [0.05, 0.1) is 6.21 Å². The zero-order valence-electron chi connectivity index (χ0n) is 18.6. The fourth-order valence-electron chi connectivity index (χ4n) is 2.75. The second kappa shape index (κ2) is 11.4. The summed E-state index contributed by atoms with van der Waals surface area (Å²) >= 11 is 0. The lowest BCUT2D eigenvalue weighted by Crippen LogP contribution is -2.32. The number of benzene rings is 3. The number of ether oxygens (including phenoxy) is 1. The first-order valence-electron chi connectivity index (χ1n) is 10.3. The minimum Gasteiger partial charge on any atom is -0.484 e. The smallest absolute Gasteiger partial charge is 0.329 e. The first-order chi connectivity index (χ1) is 16.3. The number of carbonyl (C=O) groups is 3. The molecule has 0 atom stereocenters. The summed E-state index contributed by atoms with van der Waals surface area (Å²) in [5, 5.41) is 8.84. The lowest BCUT2D eigenvalue weighted by atomic mass is 10.1. The van der Waals surface area contributed by atoms with Gasteiger partial charge in [-0.15, -0.1) is 0 Å². The van der Waals surface area contributed by atoms with Crippen molar-refractivity contribution in [2.24, 2.45) is 5.10 Å². The number of anilines is 2. The van der Waals surface area contributed by atoms with Gasteiger partial charge in [0.15, 0.2) is 6.61 Å². The van der Waals surface area contributed by atoms with E-state index in [1.807, 2.05) is 32.0 Å². The molecule has 0 aliphatic rings. The van der Waals surface area contributed by atoms with Gasteiger partial charge in [-0.05, 0) is 91.2 Å². The summed E-state index contributed by atoms with van der Waals surface area (Å²) in [6, 6.07) is 17.3. The minimum absolute atomic E-state index is 0.153. The Balaban J connectivity index is 1.43. The van der Waals surface area contributed by atoms with E-state index in [1.165, 1.54) is 18.3 Å². The van der Waals surface area contributed by atoms with Crippen molar-refractivity contribution < 1.29 is 23.5 Å². The van der Waals surface area contributed by atoms with Crippen LogP contribution in [0.3, 0.4) is 0 Å². The highest BCUT2D eigenvalue weighted by molar-refractivity contribution is 6.39. The molecular formula is C25H23FN4O4. The predicted molar refractivity (Wildman–Crippen MR) is 127 cm³/mol. The third-order valence-electron chi connectivity index (χ3n) is 4.73. The van der Waals surface area contributed by atoms with Crippen molar-refractivity contribution in [1.29, 1.82) is 0 Å². The Bertz CT molecular complexity index is 1210. The summed E-state index contributed by atoms with van der Waals surface area (Å²) in [7, 11) is 0. The van der Waals surface area contributed by atoms with Crippen LogP contribution in [0.5, 0.6) is 5.75 Å². The van der Waals surface area contributed by atoms with Crippen LogP contribution in [0.4, 0.5) is 15.8 Å². The first kappa shape index (κ1) is 24.1. The summed E-state index contributed by atoms with van der Waals surface area (Å²) in [6.45, 7) is 3.82. The molecule has 0 bridgehead atoms. The second-order valence-corrected chi connectivity index (χ2v) is 7.37. The van der Waals surface area contributed by atoms with Gasteiger partial charge in [-0.1, -0.05) is 6.07 Å². The highest BCUT2D eigenvalue weighted by Gasteiger charge is 2.12. The average Bonchev–Trinajstić information content (AvgIpc) is 2.82. The van der Waals surface area contributed by atoms with E-state index in [0.29, 0.717) is 17.0 Å². The standard InChI is InChI=1S/C25H23FN4O4/c1-16-3-8-21(13-17(16)2)28-23(31)15-34-22-11-4-18(5-12-22)14-27-30-25(33)24(32)29-20-9-6-19(26)7-10-20/h3-14H,15H2,1-2H3,(H,28,31)(H,29,32)(H,30,33)/b27-14-. The number of rotatable bonds is 7. The van der Waals surface area contributed by atoms with E-state index in [-0.39, 0.29) is 18.2 Å². The van der Waals surface area contributed by atoms with E-state index >= 15 is 0 Å². The lowest BCUT2D eigenvalue weighted by Gasteiger charge is -2.09. The third-order valence-corrected chi connectivity index (χ3v) is 4.73. The fourth-order valence-corrected chi connectivity index (χ4v) is 2.75. The molecule has 0 radical (unpaired) electrons. The Kier molecular flexibility index (Phi) is 8.07. The normalized spacial score (nSPS) is 10.6. The molecule has 174 valence electrons. The maximum absolute atomic E-state index is 12.9. The average molecular weight is 462 g/mol. The van der Waals surface area contributed by atoms with Crippen molar-refractivity contribution in [3.63, 3.8) is 0 Å². The minimum atomic E-state index is -0.977. The molecule has 3 aromatic carbocycles. The molecule has 0 unspecified atom stereocenters. The van der Waals surface area contributed by atoms with E-state index in [1.54, 1.807) is 24.3 Å². The Morgan fingerprint density at radius 1 is 0.853 bits per heavy atom. The van der Waals surface area contributed by atoms with Crippen molar-refractivity contribution in [2.45, 2.75) is 13.8 Å². The number of hydrazone groups is 1. The van der Waals surface area contributed by atoms with Crippen LogP contribution in [-0.2, 0) is 14.4 Å². The zero-order chi connectivity index (χ0) is 24.5. The highest BCUT2D eigenvalue weighted by atomic mass is 19.1. The van der Waals surface area contributed by atoms with Gasteiger partial charge < -0.3 is 15.4 Å². The maximum atomic E-state index is 12.9. The summed E-state index contributed by atoms with van der Waals surface area (Å²) < 4.78 is 18.4. The van der Waals surface area contributed by atoms with Crippen molar-refractivity contribution in [1.82, 2.24) is 5.43 Å². The monoisotopic (exact) mass is 462 g/mol. The van der Waals surface area contributed by atoms with Crippen molar-refractivity contribution >= 4 is 35.3 Å². The van der Waals surface area contributed by atoms with Crippen molar-refractivity contribution in [3.05, 3.63) is 89.2 Å². The number of carbonyl (C=O) groups excluding carboxylic acids is 3. The molecule has 3 N–H and O–H groups in total.